The van der Waals surface area contributed by atoms with E-state index in [1.807, 2.05) is 0 Å². The van der Waals surface area contributed by atoms with Crippen LogP contribution in [0.4, 0.5) is 102 Å². The van der Waals surface area contributed by atoms with Crippen molar-refractivity contribution in [2.75, 3.05) is 29.4 Å². The maximum atomic E-state index is 2.72. The molecule has 3 aliphatic heterocycles. The quantitative estimate of drug-likeness (QED) is 0.113. The molecule has 6 nitrogen and oxygen atoms in total. The van der Waals surface area contributed by atoms with Crippen LogP contribution in [-0.2, 0) is 0 Å². The van der Waals surface area contributed by atoms with Crippen LogP contribution in [0.5, 0.6) is 0 Å². The third kappa shape index (κ3) is 9.16. The van der Waals surface area contributed by atoms with Crippen LogP contribution in [0, 0.1) is 55.4 Å². The van der Waals surface area contributed by atoms with Crippen molar-refractivity contribution < 1.29 is 0 Å². The SMILES string of the molecule is Cc1ccc(N(c2ccc(C)cc2)c2cc3[c]4c(c2)N(c2ccc(C)cc2)c2cc(N(c5ccc(C)cc5)c5ccc(C)cc5)cc5[c]2[Ge]4([CH3])[c]2c(cc(N(c4ccc(C)cc4)c4ccc(C)cc4)cc2N5c2ccc(C)cc2)N3c2ccccc2)cc1. The van der Waals surface area contributed by atoms with Crippen LogP contribution < -0.4 is 42.6 Å². The molecule has 12 aromatic rings. The van der Waals surface area contributed by atoms with Crippen LogP contribution in [-0.4, -0.2) is 13.3 Å². The van der Waals surface area contributed by atoms with E-state index < -0.39 is 13.3 Å². The van der Waals surface area contributed by atoms with Gasteiger partial charge in [0.05, 0.1) is 0 Å². The molecule has 3 aliphatic rings. The molecule has 15 rings (SSSR count). The minimum atomic E-state index is -4.10. The molecule has 88 heavy (non-hydrogen) atoms. The first-order valence-corrected chi connectivity index (χ1v) is 36.0. The molecule has 0 aliphatic carbocycles. The molecule has 0 spiro atoms. The van der Waals surface area contributed by atoms with Crippen LogP contribution in [0.2, 0.25) is 5.76 Å². The molecule has 12 aromatic carbocycles. The van der Waals surface area contributed by atoms with Crippen LogP contribution >= 0.6 is 0 Å². The van der Waals surface area contributed by atoms with E-state index in [1.165, 1.54) is 91.8 Å². The Balaban J connectivity index is 1.14. The van der Waals surface area contributed by atoms with Crippen LogP contribution in [0.25, 0.3) is 0 Å². The second-order valence-electron chi connectivity index (χ2n) is 24.7. The molecule has 0 atom stereocenters. The van der Waals surface area contributed by atoms with E-state index in [1.54, 1.807) is 0 Å². The molecule has 0 fully saturated rings. The Kier molecular flexibility index (Phi) is 13.3. The zero-order chi connectivity index (χ0) is 60.1. The van der Waals surface area contributed by atoms with Gasteiger partial charge in [-0.2, -0.15) is 0 Å². The number of hydrogen-bond acceptors (Lipinski definition) is 6. The van der Waals surface area contributed by atoms with Gasteiger partial charge in [0.15, 0.2) is 0 Å². The average molecular weight is 1200 g/mol. The van der Waals surface area contributed by atoms with Gasteiger partial charge in [0, 0.05) is 0 Å². The van der Waals surface area contributed by atoms with Gasteiger partial charge < -0.3 is 0 Å². The summed E-state index contributed by atoms with van der Waals surface area (Å²) in [6.45, 7) is 17.4. The fraction of sp³-hybridized carbons (Fsp3) is 0.111. The van der Waals surface area contributed by atoms with Gasteiger partial charge in [-0.15, -0.1) is 0 Å². The average Bonchev–Trinajstić information content (AvgIpc) is 0.660. The van der Waals surface area contributed by atoms with E-state index in [0.717, 1.165) is 68.2 Å². The topological polar surface area (TPSA) is 19.4 Å². The molecular weight excluding hydrogens is 1130 g/mol. The molecule has 0 unspecified atom stereocenters. The van der Waals surface area contributed by atoms with E-state index in [-0.39, 0.29) is 0 Å². The predicted octanol–water partition coefficient (Wildman–Crippen LogP) is 21.0. The summed E-state index contributed by atoms with van der Waals surface area (Å²) >= 11 is -4.10. The van der Waals surface area contributed by atoms with E-state index >= 15 is 0 Å². The van der Waals surface area contributed by atoms with Crippen molar-refractivity contribution in [2.45, 2.75) is 61.1 Å². The fourth-order valence-corrected chi connectivity index (χ4v) is 24.2. The summed E-state index contributed by atoms with van der Waals surface area (Å²) < 4.78 is 4.28. The molecule has 0 saturated heterocycles. The number of hydrogen-bond donors (Lipinski definition) is 0. The third-order valence-electron chi connectivity index (χ3n) is 18.3. The van der Waals surface area contributed by atoms with Gasteiger partial charge in [0.25, 0.3) is 0 Å². The summed E-state index contributed by atoms with van der Waals surface area (Å²) in [7, 11) is 0. The summed E-state index contributed by atoms with van der Waals surface area (Å²) in [5, 5.41) is 0. The molecule has 0 aromatic heterocycles. The Bertz CT molecular complexity index is 4260. The molecule has 0 amide bonds. The van der Waals surface area contributed by atoms with Crippen LogP contribution in [0.1, 0.15) is 44.5 Å². The monoisotopic (exact) mass is 1200 g/mol. The summed E-state index contributed by atoms with van der Waals surface area (Å²) in [5.41, 5.74) is 30.0. The van der Waals surface area contributed by atoms with Gasteiger partial charge >= 0.3 is 525 Å². The second kappa shape index (κ2) is 21.4. The fourth-order valence-electron chi connectivity index (χ4n) is 13.8. The summed E-state index contributed by atoms with van der Waals surface area (Å²) in [6, 6.07) is 99.2. The Labute approximate surface area is 521 Å². The van der Waals surface area contributed by atoms with Crippen molar-refractivity contribution in [2.24, 2.45) is 0 Å². The first-order valence-electron chi connectivity index (χ1n) is 30.7. The standard InChI is InChI=1S/C81H70GeN6/c1-53-15-31-62(32-16-53)83(63-33-17-54(2)18-34-63)70-47-73-79-75(49-70)87(68-43-27-59(7)28-44-68)77-51-72(85(66-39-23-57(5)24-40-66)67-41-25-58(6)26-42-67)52-78-81(77)82(79,9)80-74(86(73)61-13-11-10-12-14-61)48-71(50-76(80)88(78)69-45-29-60(8)30-46-69)84(64-35-19-55(3)20-36-64)65-37-21-56(4)22-38-65/h10-52H,1-9H3. The van der Waals surface area contributed by atoms with Crippen molar-refractivity contribution in [1.82, 2.24) is 0 Å². The zero-order valence-electron chi connectivity index (χ0n) is 51.5. The number of rotatable bonds is 12. The second-order valence-corrected chi connectivity index (χ2v) is 32.6. The third-order valence-corrected chi connectivity index (χ3v) is 27.8. The van der Waals surface area contributed by atoms with Crippen molar-refractivity contribution >= 4 is 129 Å². The Morgan fingerprint density at radius 2 is 0.398 bits per heavy atom. The normalized spacial score (nSPS) is 13.1. The van der Waals surface area contributed by atoms with Gasteiger partial charge in [0.2, 0.25) is 0 Å². The van der Waals surface area contributed by atoms with E-state index in [2.05, 4.69) is 351 Å². The number of benzene rings is 12. The molecule has 0 bridgehead atoms. The molecule has 0 radical (unpaired) electrons. The molecular formula is C81H70GeN6. The Morgan fingerprint density at radius 1 is 0.216 bits per heavy atom. The van der Waals surface area contributed by atoms with Crippen LogP contribution in [0.3, 0.4) is 0 Å². The summed E-state index contributed by atoms with van der Waals surface area (Å²) in [5.74, 6) is 2.72. The van der Waals surface area contributed by atoms with E-state index in [4.69, 9.17) is 0 Å². The van der Waals surface area contributed by atoms with Crippen molar-refractivity contribution in [3.05, 3.63) is 305 Å². The van der Waals surface area contributed by atoms with Crippen molar-refractivity contribution in [3.8, 4) is 0 Å². The van der Waals surface area contributed by atoms with Crippen molar-refractivity contribution in [1.29, 1.82) is 0 Å². The van der Waals surface area contributed by atoms with Gasteiger partial charge in [-0.3, -0.25) is 0 Å². The molecule has 0 N–H and O–H groups in total. The van der Waals surface area contributed by atoms with Gasteiger partial charge in [-0.1, -0.05) is 0 Å². The number of nitrogens with zero attached hydrogens (tertiary/aromatic N) is 6. The molecule has 428 valence electrons. The predicted molar refractivity (Wildman–Crippen MR) is 377 cm³/mol. The summed E-state index contributed by atoms with van der Waals surface area (Å²) in [4.78, 5) is 15.3. The van der Waals surface area contributed by atoms with E-state index in [0.29, 0.717) is 0 Å². The number of aryl methyl sites for hydroxylation is 8. The first-order chi connectivity index (χ1) is 42.8. The Hall–Kier alpha value is -10.0. The first kappa shape index (κ1) is 54.6. The summed E-state index contributed by atoms with van der Waals surface area (Å²) in [6.07, 6.45) is 0. The van der Waals surface area contributed by atoms with Gasteiger partial charge in [0.1, 0.15) is 0 Å². The van der Waals surface area contributed by atoms with Crippen molar-refractivity contribution in [3.63, 3.8) is 0 Å². The van der Waals surface area contributed by atoms with Crippen LogP contribution in [0.15, 0.2) is 261 Å². The minimum absolute atomic E-state index is 1.07. The molecule has 3 heterocycles. The van der Waals surface area contributed by atoms with Gasteiger partial charge in [-0.05, 0) is 0 Å². The zero-order valence-corrected chi connectivity index (χ0v) is 53.6. The number of anilines is 18. The molecule has 7 heteroatoms. The number of para-hydroxylation sites is 1. The Morgan fingerprint density at radius 3 is 0.602 bits per heavy atom. The maximum absolute atomic E-state index is 4.10. The molecule has 0 saturated carbocycles. The van der Waals surface area contributed by atoms with Gasteiger partial charge in [-0.25, -0.2) is 0 Å². The van der Waals surface area contributed by atoms with E-state index in [9.17, 15) is 0 Å².